The monoisotopic (exact) mass is 337 g/mol. The van der Waals surface area contributed by atoms with E-state index < -0.39 is 12.2 Å². The molecule has 0 bridgehead atoms. The molecule has 1 saturated carbocycles. The molecule has 124 valence electrons. The summed E-state index contributed by atoms with van der Waals surface area (Å²) in [5.41, 5.74) is 0. The van der Waals surface area contributed by atoms with Gasteiger partial charge in [0.25, 0.3) is 0 Å². The minimum atomic E-state index is -0.541. The third-order valence-corrected chi connectivity index (χ3v) is 4.47. The summed E-state index contributed by atoms with van der Waals surface area (Å²) in [7, 11) is 0. The quantitative estimate of drug-likeness (QED) is 0.663. The Bertz CT molecular complexity index is 586. The van der Waals surface area contributed by atoms with Crippen molar-refractivity contribution in [2.24, 2.45) is 5.92 Å². The number of aliphatic hydroxyl groups is 1. The predicted octanol–water partition coefficient (Wildman–Crippen LogP) is 0.682. The minimum Gasteiger partial charge on any atom is -0.394 e. The maximum absolute atomic E-state index is 11.9. The van der Waals surface area contributed by atoms with Crippen LogP contribution < -0.4 is 10.6 Å². The molecule has 3 N–H and O–H groups in total. The van der Waals surface area contributed by atoms with Gasteiger partial charge in [0, 0.05) is 17.5 Å². The largest absolute Gasteiger partial charge is 0.394 e. The summed E-state index contributed by atoms with van der Waals surface area (Å²) in [6.45, 7) is -0.218. The van der Waals surface area contributed by atoms with E-state index in [4.69, 9.17) is 4.74 Å². The number of aliphatic hydroxyl groups excluding tert-OH is 1. The second kappa shape index (κ2) is 7.20. The fourth-order valence-electron chi connectivity index (χ4n) is 2.40. The van der Waals surface area contributed by atoms with Crippen molar-refractivity contribution in [2.45, 2.75) is 37.5 Å². The number of carbonyl (C=O) groups excluding carboxylic acids is 2. The molecule has 1 aromatic heterocycles. The number of carbonyl (C=O) groups is 2. The molecule has 3 atom stereocenters. The van der Waals surface area contributed by atoms with Crippen molar-refractivity contribution >= 4 is 28.3 Å². The van der Waals surface area contributed by atoms with Gasteiger partial charge in [-0.15, -0.1) is 11.3 Å². The number of thiazole rings is 1. The molecule has 0 radical (unpaired) electrons. The number of rotatable bonds is 6. The Morgan fingerprint density at radius 1 is 1.39 bits per heavy atom. The molecule has 2 heterocycles. The highest BCUT2D eigenvalue weighted by molar-refractivity contribution is 7.13. The zero-order chi connectivity index (χ0) is 16.2. The highest BCUT2D eigenvalue weighted by Crippen LogP contribution is 2.29. The Hall–Kier alpha value is -1.77. The van der Waals surface area contributed by atoms with Crippen LogP contribution in [0, 0.1) is 5.92 Å². The Labute approximate surface area is 137 Å². The maximum Gasteiger partial charge on any atom is 0.229 e. The SMILES string of the molecule is O=C(C[C@@H]1C=C[C@@H](NC(=O)C2CC2)[C@@H](CO)O1)Nc1nccs1. The summed E-state index contributed by atoms with van der Waals surface area (Å²) < 4.78 is 5.71. The van der Waals surface area contributed by atoms with E-state index >= 15 is 0 Å². The first-order valence-electron chi connectivity index (χ1n) is 7.60. The molecule has 1 aromatic rings. The highest BCUT2D eigenvalue weighted by atomic mass is 32.1. The number of ether oxygens (including phenoxy) is 1. The first kappa shape index (κ1) is 16.1. The topological polar surface area (TPSA) is 101 Å². The summed E-state index contributed by atoms with van der Waals surface area (Å²) >= 11 is 1.34. The summed E-state index contributed by atoms with van der Waals surface area (Å²) in [4.78, 5) is 27.7. The van der Waals surface area contributed by atoms with Crippen LogP contribution in [0.2, 0.25) is 0 Å². The minimum absolute atomic E-state index is 0.00154. The molecular weight excluding hydrogens is 318 g/mol. The molecule has 0 spiro atoms. The standard InChI is InChI=1S/C15H19N3O4S/c19-8-12-11(17-14(21)9-1-2-9)4-3-10(22-12)7-13(20)18-15-16-5-6-23-15/h3-6,9-12,19H,1-2,7-8H2,(H,17,21)(H,16,18,20)/t10-,11+,12+/m0/s1. The van der Waals surface area contributed by atoms with Crippen molar-refractivity contribution in [3.63, 3.8) is 0 Å². The van der Waals surface area contributed by atoms with Gasteiger partial charge in [0.15, 0.2) is 5.13 Å². The lowest BCUT2D eigenvalue weighted by Crippen LogP contribution is -2.49. The molecule has 7 nitrogen and oxygen atoms in total. The number of nitrogens with one attached hydrogen (secondary N) is 2. The van der Waals surface area contributed by atoms with E-state index in [1.54, 1.807) is 23.7 Å². The van der Waals surface area contributed by atoms with Crippen molar-refractivity contribution in [1.82, 2.24) is 10.3 Å². The number of hydrogen-bond acceptors (Lipinski definition) is 6. The van der Waals surface area contributed by atoms with Crippen molar-refractivity contribution < 1.29 is 19.4 Å². The molecule has 8 heteroatoms. The second-order valence-electron chi connectivity index (χ2n) is 5.68. The van der Waals surface area contributed by atoms with Gasteiger partial charge < -0.3 is 20.5 Å². The number of aromatic nitrogens is 1. The summed E-state index contributed by atoms with van der Waals surface area (Å²) in [6.07, 6.45) is 6.18. The fourth-order valence-corrected chi connectivity index (χ4v) is 2.95. The molecular formula is C15H19N3O4S. The molecule has 3 rings (SSSR count). The maximum atomic E-state index is 11.9. The molecule has 0 saturated heterocycles. The van der Waals surface area contributed by atoms with Gasteiger partial charge >= 0.3 is 0 Å². The third kappa shape index (κ3) is 4.37. The van der Waals surface area contributed by atoms with E-state index in [-0.39, 0.29) is 36.8 Å². The van der Waals surface area contributed by atoms with Gasteiger partial charge in [-0.2, -0.15) is 0 Å². The van der Waals surface area contributed by atoms with Gasteiger partial charge in [-0.1, -0.05) is 12.2 Å². The number of amides is 2. The third-order valence-electron chi connectivity index (χ3n) is 3.79. The molecule has 1 fully saturated rings. The first-order valence-corrected chi connectivity index (χ1v) is 8.48. The molecule has 1 aliphatic heterocycles. The lowest BCUT2D eigenvalue weighted by Gasteiger charge is -2.31. The van der Waals surface area contributed by atoms with E-state index in [1.165, 1.54) is 11.3 Å². The zero-order valence-electron chi connectivity index (χ0n) is 12.5. The van der Waals surface area contributed by atoms with Crippen molar-refractivity contribution in [3.8, 4) is 0 Å². The molecule has 1 aliphatic carbocycles. The fraction of sp³-hybridized carbons (Fsp3) is 0.533. The second-order valence-corrected chi connectivity index (χ2v) is 6.57. The van der Waals surface area contributed by atoms with Gasteiger partial charge in [-0.05, 0) is 12.8 Å². The molecule has 2 amide bonds. The van der Waals surface area contributed by atoms with Crippen molar-refractivity contribution in [2.75, 3.05) is 11.9 Å². The van der Waals surface area contributed by atoms with Crippen LogP contribution in [0.3, 0.4) is 0 Å². The Morgan fingerprint density at radius 2 is 2.22 bits per heavy atom. The van der Waals surface area contributed by atoms with E-state index in [0.29, 0.717) is 5.13 Å². The highest BCUT2D eigenvalue weighted by Gasteiger charge is 2.34. The molecule has 23 heavy (non-hydrogen) atoms. The van der Waals surface area contributed by atoms with Crippen LogP contribution in [0.25, 0.3) is 0 Å². The molecule has 2 aliphatic rings. The Balaban J connectivity index is 1.53. The lowest BCUT2D eigenvalue weighted by molar-refractivity contribution is -0.126. The number of hydrogen-bond donors (Lipinski definition) is 3. The van der Waals surface area contributed by atoms with Gasteiger partial charge in [0.2, 0.25) is 11.8 Å². The zero-order valence-corrected chi connectivity index (χ0v) is 13.3. The van der Waals surface area contributed by atoms with Crippen LogP contribution in [0.5, 0.6) is 0 Å². The van der Waals surface area contributed by atoms with Crippen LogP contribution in [0.15, 0.2) is 23.7 Å². The average Bonchev–Trinajstić information content (AvgIpc) is 3.27. The average molecular weight is 337 g/mol. The van der Waals surface area contributed by atoms with Gasteiger partial charge in [-0.3, -0.25) is 9.59 Å². The normalized spacial score (nSPS) is 26.7. The summed E-state index contributed by atoms with van der Waals surface area (Å²) in [5.74, 6) is -0.0991. The van der Waals surface area contributed by atoms with Crippen LogP contribution >= 0.6 is 11.3 Å². The van der Waals surface area contributed by atoms with Gasteiger partial charge in [-0.25, -0.2) is 4.98 Å². The molecule has 0 unspecified atom stereocenters. The first-order chi connectivity index (χ1) is 11.2. The Kier molecular flexibility index (Phi) is 5.04. The smallest absolute Gasteiger partial charge is 0.229 e. The van der Waals surface area contributed by atoms with E-state index in [1.807, 2.05) is 0 Å². The van der Waals surface area contributed by atoms with Gasteiger partial charge in [0.05, 0.1) is 25.2 Å². The van der Waals surface area contributed by atoms with Crippen molar-refractivity contribution in [1.29, 1.82) is 0 Å². The summed E-state index contributed by atoms with van der Waals surface area (Å²) in [6, 6.07) is -0.355. The van der Waals surface area contributed by atoms with Crippen LogP contribution in [0.4, 0.5) is 5.13 Å². The van der Waals surface area contributed by atoms with E-state index in [2.05, 4.69) is 15.6 Å². The number of anilines is 1. The van der Waals surface area contributed by atoms with E-state index in [0.717, 1.165) is 12.8 Å². The number of nitrogens with zero attached hydrogens (tertiary/aromatic N) is 1. The van der Waals surface area contributed by atoms with Crippen LogP contribution in [-0.4, -0.2) is 46.8 Å². The Morgan fingerprint density at radius 3 is 2.87 bits per heavy atom. The predicted molar refractivity (Wildman–Crippen MR) is 84.9 cm³/mol. The lowest BCUT2D eigenvalue weighted by atomic mass is 10.0. The molecule has 0 aromatic carbocycles. The summed E-state index contributed by atoms with van der Waals surface area (Å²) in [5, 5.41) is 17.4. The van der Waals surface area contributed by atoms with Crippen molar-refractivity contribution in [3.05, 3.63) is 23.7 Å². The van der Waals surface area contributed by atoms with Crippen LogP contribution in [0.1, 0.15) is 19.3 Å². The van der Waals surface area contributed by atoms with Crippen LogP contribution in [-0.2, 0) is 14.3 Å². The van der Waals surface area contributed by atoms with E-state index in [9.17, 15) is 14.7 Å². The van der Waals surface area contributed by atoms with Gasteiger partial charge in [0.1, 0.15) is 6.10 Å².